The molecule has 0 fully saturated rings. The van der Waals surface area contributed by atoms with E-state index in [1.165, 1.54) is 20.8 Å². The van der Waals surface area contributed by atoms with Gasteiger partial charge in [-0.1, -0.05) is 110 Å². The summed E-state index contributed by atoms with van der Waals surface area (Å²) in [6.07, 6.45) is 5.68. The lowest BCUT2D eigenvalue weighted by Gasteiger charge is -2.16. The van der Waals surface area contributed by atoms with Gasteiger partial charge in [-0.15, -0.1) is 0 Å². The number of carbonyl (C=O) groups excluding carboxylic acids is 3. The second-order valence-corrected chi connectivity index (χ2v) is 15.5. The largest absolute Gasteiger partial charge is 0.448 e. The van der Waals surface area contributed by atoms with Gasteiger partial charge in [-0.05, 0) is 104 Å². The predicted molar refractivity (Wildman–Crippen MR) is 252 cm³/mol. The average Bonchev–Trinajstić information content (AvgIpc) is 4.16. The van der Waals surface area contributed by atoms with Crippen LogP contribution in [-0.2, 0) is 23.9 Å². The Kier molecular flexibility index (Phi) is 11.2. The van der Waals surface area contributed by atoms with Crippen LogP contribution in [0.25, 0.3) is 90.9 Å². The van der Waals surface area contributed by atoms with E-state index in [-0.39, 0.29) is 11.3 Å². The van der Waals surface area contributed by atoms with Gasteiger partial charge >= 0.3 is 17.9 Å². The number of aromatic amines is 2. The van der Waals surface area contributed by atoms with Crippen LogP contribution in [0.1, 0.15) is 43.5 Å². The number of hydrogen-bond acceptors (Lipinski definition) is 8. The van der Waals surface area contributed by atoms with Crippen molar-refractivity contribution in [2.75, 3.05) is 0 Å². The number of nitrogens with zero attached hydrogens (tertiary/aromatic N) is 2. The van der Waals surface area contributed by atoms with Crippen molar-refractivity contribution in [1.29, 1.82) is 0 Å². The van der Waals surface area contributed by atoms with Gasteiger partial charge in [0, 0.05) is 49.9 Å². The van der Waals surface area contributed by atoms with Gasteiger partial charge in [-0.2, -0.15) is 0 Å². The minimum Gasteiger partial charge on any atom is -0.448 e. The van der Waals surface area contributed by atoms with Gasteiger partial charge in [0.05, 0.1) is 22.8 Å². The number of fused-ring (bicyclic) bond motifs is 8. The molecule has 0 aliphatic carbocycles. The molecule has 4 aromatic carbocycles. The van der Waals surface area contributed by atoms with Crippen LogP contribution in [0.3, 0.4) is 0 Å². The summed E-state index contributed by atoms with van der Waals surface area (Å²) in [4.78, 5) is 55.7. The van der Waals surface area contributed by atoms with Crippen LogP contribution in [0.4, 0.5) is 0 Å². The van der Waals surface area contributed by atoms with E-state index in [2.05, 4.69) is 83.3 Å². The van der Waals surface area contributed by atoms with E-state index in [1.807, 2.05) is 84.9 Å². The third-order valence-electron chi connectivity index (χ3n) is 10.9. The monoisotopic (exact) mass is 842 g/mol. The van der Waals surface area contributed by atoms with Gasteiger partial charge in [0.25, 0.3) is 0 Å². The lowest BCUT2D eigenvalue weighted by molar-refractivity contribution is -0.172. The lowest BCUT2D eigenvalue weighted by atomic mass is 10.0. The van der Waals surface area contributed by atoms with E-state index >= 15 is 0 Å². The fourth-order valence-electron chi connectivity index (χ4n) is 7.75. The maximum absolute atomic E-state index is 13.1. The normalized spacial score (nSPS) is 12.6. The molecule has 2 aliphatic rings. The Hall–Kier alpha value is -8.37. The zero-order valence-electron chi connectivity index (χ0n) is 35.3. The van der Waals surface area contributed by atoms with Crippen LogP contribution >= 0.6 is 0 Å². The smallest absolute Gasteiger partial charge is 0.352 e. The van der Waals surface area contributed by atoms with Crippen molar-refractivity contribution < 1.29 is 28.6 Å². The number of H-pyrrole nitrogens is 2. The maximum atomic E-state index is 13.1. The van der Waals surface area contributed by atoms with Crippen LogP contribution in [0.15, 0.2) is 152 Å². The number of ether oxygens (including phenoxy) is 3. The molecule has 64 heavy (non-hydrogen) atoms. The molecule has 5 heterocycles. The highest BCUT2D eigenvalue weighted by Gasteiger charge is 2.26. The number of carbonyl (C=O) groups is 3. The van der Waals surface area contributed by atoms with E-state index in [1.54, 1.807) is 12.1 Å². The molecule has 0 amide bonds. The van der Waals surface area contributed by atoms with Gasteiger partial charge in [0.1, 0.15) is 5.75 Å². The first-order valence-corrected chi connectivity index (χ1v) is 20.8. The standard InChI is InChI=1S/C54H42N4O6/c1-32(2)52(59)62-33(3)53(60)63-34(4)54(61)64-39-22-20-38(21-23-39)51-46-30-28-44(57-46)49(36-16-10-6-11-17-36)42-26-24-40(55-42)48(35-14-8-5-9-15-35)41-25-27-43(56-41)50(37-18-12-7-13-19-37)45-29-31-47(51)58-45/h5-31,33-34,55,58H,1H2,2-4H3/t33-,34-/m0/s1. The fourth-order valence-corrected chi connectivity index (χ4v) is 7.75. The van der Waals surface area contributed by atoms with Crippen LogP contribution in [-0.4, -0.2) is 50.1 Å². The zero-order valence-corrected chi connectivity index (χ0v) is 35.3. The summed E-state index contributed by atoms with van der Waals surface area (Å²) < 4.78 is 15.9. The molecule has 9 rings (SSSR count). The predicted octanol–water partition coefficient (Wildman–Crippen LogP) is 11.7. The first-order chi connectivity index (χ1) is 31.1. The highest BCUT2D eigenvalue weighted by atomic mass is 16.6. The summed E-state index contributed by atoms with van der Waals surface area (Å²) in [7, 11) is 0. The quantitative estimate of drug-likeness (QED) is 0.0789. The third kappa shape index (κ3) is 8.32. The van der Waals surface area contributed by atoms with Crippen LogP contribution < -0.4 is 4.74 Å². The summed E-state index contributed by atoms with van der Waals surface area (Å²) in [5.41, 5.74) is 14.2. The third-order valence-corrected chi connectivity index (χ3v) is 10.9. The van der Waals surface area contributed by atoms with E-state index in [9.17, 15) is 14.4 Å². The molecule has 2 aliphatic heterocycles. The second-order valence-electron chi connectivity index (χ2n) is 15.5. The summed E-state index contributed by atoms with van der Waals surface area (Å²) in [6, 6.07) is 46.1. The number of hydrogen-bond donors (Lipinski definition) is 2. The Morgan fingerprint density at radius 2 is 0.812 bits per heavy atom. The highest BCUT2D eigenvalue weighted by molar-refractivity contribution is 6.00. The average molecular weight is 843 g/mol. The SMILES string of the molecule is C=C(C)C(=O)O[C@@H](C)C(=O)O[C@@H](C)C(=O)Oc1ccc(-c2c3nc(c(-c4ccccc4)c4ccc([nH]4)c(-c4ccccc4)c4nc(c(-c5ccccc5)c5ccc2[nH]5)C=C4)C=C3)cc1. The van der Waals surface area contributed by atoms with Crippen molar-refractivity contribution in [2.45, 2.75) is 33.0 Å². The van der Waals surface area contributed by atoms with Gasteiger partial charge < -0.3 is 24.2 Å². The minimum absolute atomic E-state index is 0.133. The van der Waals surface area contributed by atoms with Crippen LogP contribution in [0, 0.1) is 0 Å². The molecular weight excluding hydrogens is 801 g/mol. The van der Waals surface area contributed by atoms with Crippen LogP contribution in [0.2, 0.25) is 0 Å². The van der Waals surface area contributed by atoms with E-state index in [0.717, 1.165) is 83.7 Å². The second kappa shape index (κ2) is 17.5. The van der Waals surface area contributed by atoms with Crippen molar-refractivity contribution in [3.63, 3.8) is 0 Å². The maximum Gasteiger partial charge on any atom is 0.352 e. The topological polar surface area (TPSA) is 136 Å². The molecule has 2 N–H and O–H groups in total. The van der Waals surface area contributed by atoms with E-state index in [4.69, 9.17) is 24.2 Å². The number of esters is 3. The van der Waals surface area contributed by atoms with E-state index in [0.29, 0.717) is 5.69 Å². The summed E-state index contributed by atoms with van der Waals surface area (Å²) in [5, 5.41) is 0. The Balaban J connectivity index is 1.21. The molecule has 7 aromatic rings. The molecular formula is C54H42N4O6. The molecule has 2 atom stereocenters. The molecule has 10 nitrogen and oxygen atoms in total. The Labute approximate surface area is 369 Å². The molecule has 3 aromatic heterocycles. The number of aromatic nitrogens is 4. The first kappa shape index (κ1) is 41.0. The fraction of sp³-hybridized carbons (Fsp3) is 0.0926. The van der Waals surface area contributed by atoms with Crippen molar-refractivity contribution >= 4 is 64.3 Å². The molecule has 10 heteroatoms. The highest BCUT2D eigenvalue weighted by Crippen LogP contribution is 2.38. The lowest BCUT2D eigenvalue weighted by Crippen LogP contribution is -2.34. The molecule has 0 saturated heterocycles. The van der Waals surface area contributed by atoms with Crippen molar-refractivity contribution in [2.24, 2.45) is 0 Å². The van der Waals surface area contributed by atoms with Gasteiger partial charge in [-0.25, -0.2) is 24.4 Å². The number of nitrogens with one attached hydrogen (secondary N) is 2. The summed E-state index contributed by atoms with van der Waals surface area (Å²) in [6.45, 7) is 7.72. The molecule has 0 radical (unpaired) electrons. The Morgan fingerprint density at radius 1 is 0.469 bits per heavy atom. The van der Waals surface area contributed by atoms with Gasteiger partial charge in [0.15, 0.2) is 12.2 Å². The molecule has 314 valence electrons. The summed E-state index contributed by atoms with van der Waals surface area (Å²) in [5.74, 6) is -2.19. The van der Waals surface area contributed by atoms with Crippen LogP contribution in [0.5, 0.6) is 5.75 Å². The van der Waals surface area contributed by atoms with Gasteiger partial charge in [-0.3, -0.25) is 0 Å². The first-order valence-electron chi connectivity index (χ1n) is 20.8. The number of rotatable bonds is 10. The van der Waals surface area contributed by atoms with Crippen molar-refractivity contribution in [3.8, 4) is 50.3 Å². The molecule has 0 spiro atoms. The molecule has 0 unspecified atom stereocenters. The van der Waals surface area contributed by atoms with Crippen molar-refractivity contribution in [3.05, 3.63) is 174 Å². The van der Waals surface area contributed by atoms with Crippen molar-refractivity contribution in [1.82, 2.24) is 19.9 Å². The molecule has 8 bridgehead atoms. The van der Waals surface area contributed by atoms with Gasteiger partial charge in [0.2, 0.25) is 0 Å². The zero-order chi connectivity index (χ0) is 44.3. The van der Waals surface area contributed by atoms with E-state index < -0.39 is 30.1 Å². The Bertz CT molecular complexity index is 3150. The molecule has 0 saturated carbocycles. The Morgan fingerprint density at radius 3 is 1.17 bits per heavy atom. The number of benzene rings is 4. The minimum atomic E-state index is -1.28. The summed E-state index contributed by atoms with van der Waals surface area (Å²) >= 11 is 0.